The smallest absolute Gasteiger partial charge is 0.336 e. The zero-order chi connectivity index (χ0) is 19.5. The van der Waals surface area contributed by atoms with Gasteiger partial charge >= 0.3 is 5.63 Å². The standard InChI is InChI=1S/C24H28N2O2/c1-17-12-21-20(14-24(27)28-23(21)13-18(17)2)15-25-16-22(26-10-6-7-11-26)19-8-4-3-5-9-19/h3-5,8-9,12-14,22,25H,6-7,10-11,15-16H2,1-2H3/t22-/m1/s1. The minimum Gasteiger partial charge on any atom is -0.423 e. The van der Waals surface area contributed by atoms with Crippen molar-refractivity contribution in [2.24, 2.45) is 0 Å². The first-order valence-electron chi connectivity index (χ1n) is 10.2. The molecule has 4 heteroatoms. The Labute approximate surface area is 166 Å². The van der Waals surface area contributed by atoms with E-state index in [1.807, 2.05) is 13.0 Å². The molecule has 0 saturated carbocycles. The van der Waals surface area contributed by atoms with E-state index >= 15 is 0 Å². The molecule has 1 aliphatic rings. The second-order valence-electron chi connectivity index (χ2n) is 7.82. The molecule has 1 N–H and O–H groups in total. The Balaban J connectivity index is 1.55. The highest BCUT2D eigenvalue weighted by Gasteiger charge is 2.23. The van der Waals surface area contributed by atoms with Crippen LogP contribution in [0.25, 0.3) is 11.0 Å². The molecule has 0 aliphatic carbocycles. The highest BCUT2D eigenvalue weighted by molar-refractivity contribution is 5.81. The number of benzene rings is 2. The molecule has 0 amide bonds. The van der Waals surface area contributed by atoms with E-state index in [-0.39, 0.29) is 5.63 Å². The van der Waals surface area contributed by atoms with Gasteiger partial charge in [0, 0.05) is 30.6 Å². The van der Waals surface area contributed by atoms with Crippen LogP contribution in [0.3, 0.4) is 0 Å². The Morgan fingerprint density at radius 2 is 1.75 bits per heavy atom. The van der Waals surface area contributed by atoms with Crippen molar-refractivity contribution in [3.63, 3.8) is 0 Å². The fourth-order valence-corrected chi connectivity index (χ4v) is 4.16. The molecule has 0 radical (unpaired) electrons. The number of fused-ring (bicyclic) bond motifs is 1. The lowest BCUT2D eigenvalue weighted by atomic mass is 10.0. The van der Waals surface area contributed by atoms with E-state index in [1.165, 1.54) is 24.0 Å². The van der Waals surface area contributed by atoms with E-state index in [4.69, 9.17) is 4.42 Å². The van der Waals surface area contributed by atoms with E-state index < -0.39 is 0 Å². The van der Waals surface area contributed by atoms with Crippen LogP contribution in [0.15, 0.2) is 57.7 Å². The van der Waals surface area contributed by atoms with Gasteiger partial charge in [0.05, 0.1) is 0 Å². The molecule has 1 aromatic heterocycles. The van der Waals surface area contributed by atoms with Gasteiger partial charge in [0.15, 0.2) is 0 Å². The SMILES string of the molecule is Cc1cc2oc(=O)cc(CNC[C@H](c3ccccc3)N3CCCC3)c2cc1C. The van der Waals surface area contributed by atoms with Crippen LogP contribution in [0.2, 0.25) is 0 Å². The van der Waals surface area contributed by atoms with Crippen molar-refractivity contribution in [2.75, 3.05) is 19.6 Å². The van der Waals surface area contributed by atoms with Gasteiger partial charge in [-0.25, -0.2) is 4.79 Å². The maximum absolute atomic E-state index is 12.0. The minimum absolute atomic E-state index is 0.285. The van der Waals surface area contributed by atoms with E-state index in [0.29, 0.717) is 18.2 Å². The zero-order valence-corrected chi connectivity index (χ0v) is 16.7. The van der Waals surface area contributed by atoms with Crippen molar-refractivity contribution in [3.05, 3.63) is 81.2 Å². The number of hydrogen-bond acceptors (Lipinski definition) is 4. The Kier molecular flexibility index (Phi) is 5.60. The Morgan fingerprint density at radius 3 is 2.50 bits per heavy atom. The van der Waals surface area contributed by atoms with E-state index in [2.05, 4.69) is 53.5 Å². The van der Waals surface area contributed by atoms with Gasteiger partial charge in [-0.05, 0) is 74.2 Å². The predicted octanol–water partition coefficient (Wildman–Crippen LogP) is 4.34. The Hall–Kier alpha value is -2.43. The predicted molar refractivity (Wildman–Crippen MR) is 114 cm³/mol. The first-order valence-corrected chi connectivity index (χ1v) is 10.2. The number of nitrogens with zero attached hydrogens (tertiary/aromatic N) is 1. The number of nitrogens with one attached hydrogen (secondary N) is 1. The van der Waals surface area contributed by atoms with E-state index in [1.54, 1.807) is 6.07 Å². The monoisotopic (exact) mass is 376 g/mol. The molecule has 28 heavy (non-hydrogen) atoms. The summed E-state index contributed by atoms with van der Waals surface area (Å²) in [5, 5.41) is 4.63. The summed E-state index contributed by atoms with van der Waals surface area (Å²) in [5.41, 5.74) is 5.09. The summed E-state index contributed by atoms with van der Waals surface area (Å²) in [4.78, 5) is 14.6. The van der Waals surface area contributed by atoms with Crippen LogP contribution in [-0.2, 0) is 6.54 Å². The van der Waals surface area contributed by atoms with Gasteiger partial charge in [-0.15, -0.1) is 0 Å². The third-order valence-corrected chi connectivity index (χ3v) is 5.86. The number of hydrogen-bond donors (Lipinski definition) is 1. The molecule has 4 nitrogen and oxygen atoms in total. The largest absolute Gasteiger partial charge is 0.423 e. The zero-order valence-electron chi connectivity index (χ0n) is 16.7. The highest BCUT2D eigenvalue weighted by Crippen LogP contribution is 2.25. The van der Waals surface area contributed by atoms with E-state index in [0.717, 1.165) is 36.1 Å². The number of aryl methyl sites for hydroxylation is 2. The quantitative estimate of drug-likeness (QED) is 0.650. The summed E-state index contributed by atoms with van der Waals surface area (Å²) in [5.74, 6) is 0. The molecule has 2 aromatic carbocycles. The van der Waals surface area contributed by atoms with Crippen LogP contribution in [0.4, 0.5) is 0 Å². The summed E-state index contributed by atoms with van der Waals surface area (Å²) in [6.45, 7) is 7.95. The van der Waals surface area contributed by atoms with Crippen molar-refractivity contribution >= 4 is 11.0 Å². The summed E-state index contributed by atoms with van der Waals surface area (Å²) in [6, 6.07) is 16.8. The van der Waals surface area contributed by atoms with Crippen molar-refractivity contribution in [3.8, 4) is 0 Å². The molecule has 0 unspecified atom stereocenters. The normalized spacial score (nSPS) is 15.9. The third kappa shape index (κ3) is 4.03. The van der Waals surface area contributed by atoms with Crippen LogP contribution >= 0.6 is 0 Å². The lowest BCUT2D eigenvalue weighted by Gasteiger charge is -2.28. The van der Waals surface area contributed by atoms with Crippen LogP contribution < -0.4 is 10.9 Å². The summed E-state index contributed by atoms with van der Waals surface area (Å²) < 4.78 is 5.42. The molecule has 0 bridgehead atoms. The maximum Gasteiger partial charge on any atom is 0.336 e. The Bertz CT molecular complexity index is 1000. The van der Waals surface area contributed by atoms with Crippen molar-refractivity contribution in [2.45, 2.75) is 39.3 Å². The maximum atomic E-state index is 12.0. The molecule has 4 rings (SSSR count). The van der Waals surface area contributed by atoms with Crippen LogP contribution in [0.5, 0.6) is 0 Å². The van der Waals surface area contributed by atoms with Gasteiger partial charge in [0.25, 0.3) is 0 Å². The first-order chi connectivity index (χ1) is 13.6. The average Bonchev–Trinajstić information content (AvgIpc) is 3.21. The lowest BCUT2D eigenvalue weighted by molar-refractivity contribution is 0.238. The van der Waals surface area contributed by atoms with Crippen LogP contribution in [0, 0.1) is 13.8 Å². The van der Waals surface area contributed by atoms with E-state index in [9.17, 15) is 4.79 Å². The number of rotatable bonds is 6. The first kappa shape index (κ1) is 18.9. The van der Waals surface area contributed by atoms with Gasteiger partial charge in [0.2, 0.25) is 0 Å². The average molecular weight is 377 g/mol. The Morgan fingerprint density at radius 1 is 1.04 bits per heavy atom. The van der Waals surface area contributed by atoms with Gasteiger partial charge in [0.1, 0.15) is 5.58 Å². The van der Waals surface area contributed by atoms with Crippen LogP contribution in [0.1, 0.15) is 41.1 Å². The van der Waals surface area contributed by atoms with Gasteiger partial charge in [-0.1, -0.05) is 30.3 Å². The molecule has 1 fully saturated rings. The molecule has 0 spiro atoms. The van der Waals surface area contributed by atoms with Gasteiger partial charge in [-0.2, -0.15) is 0 Å². The van der Waals surface area contributed by atoms with Gasteiger partial charge in [-0.3, -0.25) is 4.90 Å². The van der Waals surface area contributed by atoms with Crippen molar-refractivity contribution in [1.82, 2.24) is 10.2 Å². The third-order valence-electron chi connectivity index (χ3n) is 5.86. The lowest BCUT2D eigenvalue weighted by Crippen LogP contribution is -2.34. The molecular weight excluding hydrogens is 348 g/mol. The molecule has 1 saturated heterocycles. The summed E-state index contributed by atoms with van der Waals surface area (Å²) in [6.07, 6.45) is 2.54. The summed E-state index contributed by atoms with van der Waals surface area (Å²) >= 11 is 0. The molecular formula is C24H28N2O2. The van der Waals surface area contributed by atoms with Crippen molar-refractivity contribution < 1.29 is 4.42 Å². The highest BCUT2D eigenvalue weighted by atomic mass is 16.4. The molecule has 1 atom stereocenters. The van der Waals surface area contributed by atoms with Crippen molar-refractivity contribution in [1.29, 1.82) is 0 Å². The molecule has 2 heterocycles. The second-order valence-corrected chi connectivity index (χ2v) is 7.82. The molecule has 146 valence electrons. The minimum atomic E-state index is -0.285. The number of likely N-dealkylation sites (tertiary alicyclic amines) is 1. The molecule has 1 aliphatic heterocycles. The summed E-state index contributed by atoms with van der Waals surface area (Å²) in [7, 11) is 0. The second kappa shape index (κ2) is 8.29. The topological polar surface area (TPSA) is 45.5 Å². The fraction of sp³-hybridized carbons (Fsp3) is 0.375. The molecule has 3 aromatic rings. The van der Waals surface area contributed by atoms with Crippen LogP contribution in [-0.4, -0.2) is 24.5 Å². The van der Waals surface area contributed by atoms with Gasteiger partial charge < -0.3 is 9.73 Å². The fourth-order valence-electron chi connectivity index (χ4n) is 4.16.